The third kappa shape index (κ3) is 5.16. The van der Waals surface area contributed by atoms with Crippen molar-refractivity contribution < 1.29 is 9.53 Å². The lowest BCUT2D eigenvalue weighted by Crippen LogP contribution is -2.11. The minimum atomic E-state index is -0.123. The monoisotopic (exact) mass is 362 g/mol. The Kier molecular flexibility index (Phi) is 6.43. The first-order valence-corrected chi connectivity index (χ1v) is 7.88. The Balaban J connectivity index is 1.89. The minimum Gasteiger partial charge on any atom is -0.385 e. The first-order valence-electron chi connectivity index (χ1n) is 7.09. The van der Waals surface area contributed by atoms with E-state index in [-0.39, 0.29) is 5.91 Å². The molecule has 4 nitrogen and oxygen atoms in total. The molecule has 116 valence electrons. The Labute approximate surface area is 139 Å². The number of benzene rings is 2. The zero-order valence-corrected chi connectivity index (χ0v) is 14.0. The average Bonchev–Trinajstić information content (AvgIpc) is 2.53. The molecule has 0 heterocycles. The molecule has 2 aromatic carbocycles. The number of ether oxygens (including phenoxy) is 1. The van der Waals surface area contributed by atoms with Gasteiger partial charge < -0.3 is 15.4 Å². The molecule has 0 saturated heterocycles. The average molecular weight is 363 g/mol. The Morgan fingerprint density at radius 1 is 1.14 bits per heavy atom. The van der Waals surface area contributed by atoms with Gasteiger partial charge in [-0.05, 0) is 48.9 Å². The molecular weight excluding hydrogens is 344 g/mol. The minimum absolute atomic E-state index is 0.123. The van der Waals surface area contributed by atoms with Crippen LogP contribution in [-0.4, -0.2) is 26.2 Å². The van der Waals surface area contributed by atoms with Crippen LogP contribution in [0, 0.1) is 0 Å². The smallest absolute Gasteiger partial charge is 0.255 e. The molecule has 22 heavy (non-hydrogen) atoms. The van der Waals surface area contributed by atoms with E-state index in [0.717, 1.165) is 35.4 Å². The summed E-state index contributed by atoms with van der Waals surface area (Å²) in [5.41, 5.74) is 2.42. The summed E-state index contributed by atoms with van der Waals surface area (Å²) in [7, 11) is 1.70. The van der Waals surface area contributed by atoms with Crippen molar-refractivity contribution in [2.45, 2.75) is 6.42 Å². The molecule has 0 radical (unpaired) electrons. The van der Waals surface area contributed by atoms with Gasteiger partial charge in [0.25, 0.3) is 5.91 Å². The van der Waals surface area contributed by atoms with Gasteiger partial charge in [-0.25, -0.2) is 0 Å². The van der Waals surface area contributed by atoms with Crippen LogP contribution in [0.4, 0.5) is 11.4 Å². The molecule has 0 aliphatic rings. The molecular formula is C17H19BrN2O2. The maximum atomic E-state index is 12.1. The molecule has 0 aliphatic heterocycles. The molecule has 0 spiro atoms. The summed E-state index contributed by atoms with van der Waals surface area (Å²) < 4.78 is 5.89. The van der Waals surface area contributed by atoms with Crippen LogP contribution in [0.25, 0.3) is 0 Å². The van der Waals surface area contributed by atoms with Crippen molar-refractivity contribution in [3.63, 3.8) is 0 Å². The number of halogens is 1. The lowest BCUT2D eigenvalue weighted by atomic mass is 10.2. The first kappa shape index (κ1) is 16.5. The predicted molar refractivity (Wildman–Crippen MR) is 93.5 cm³/mol. The van der Waals surface area contributed by atoms with Crippen LogP contribution < -0.4 is 10.6 Å². The van der Waals surface area contributed by atoms with Crippen LogP contribution in [-0.2, 0) is 4.74 Å². The standard InChI is InChI=1S/C17H19BrN2O2/c1-22-11-3-10-19-15-6-8-16(9-7-15)20-17(21)13-4-2-5-14(18)12-13/h2,4-9,12,19H,3,10-11H2,1H3,(H,20,21). The van der Waals surface area contributed by atoms with E-state index in [1.807, 2.05) is 36.4 Å². The largest absolute Gasteiger partial charge is 0.385 e. The second-order valence-electron chi connectivity index (χ2n) is 4.81. The van der Waals surface area contributed by atoms with Crippen LogP contribution >= 0.6 is 15.9 Å². The molecule has 0 fully saturated rings. The molecule has 0 bridgehead atoms. The highest BCUT2D eigenvalue weighted by atomic mass is 79.9. The second kappa shape index (κ2) is 8.56. The van der Waals surface area contributed by atoms with Gasteiger partial charge in [0.05, 0.1) is 0 Å². The first-order chi connectivity index (χ1) is 10.7. The van der Waals surface area contributed by atoms with Gasteiger partial charge in [-0.2, -0.15) is 0 Å². The van der Waals surface area contributed by atoms with Gasteiger partial charge in [-0.15, -0.1) is 0 Å². The Hall–Kier alpha value is -1.85. The Morgan fingerprint density at radius 3 is 2.55 bits per heavy atom. The maximum Gasteiger partial charge on any atom is 0.255 e. The zero-order chi connectivity index (χ0) is 15.8. The van der Waals surface area contributed by atoms with E-state index < -0.39 is 0 Å². The summed E-state index contributed by atoms with van der Waals surface area (Å²) in [6, 6.07) is 15.0. The summed E-state index contributed by atoms with van der Waals surface area (Å²) in [5.74, 6) is -0.123. The third-order valence-electron chi connectivity index (χ3n) is 3.08. The third-order valence-corrected chi connectivity index (χ3v) is 3.58. The molecule has 0 saturated carbocycles. The Bertz CT molecular complexity index is 614. The summed E-state index contributed by atoms with van der Waals surface area (Å²) in [6.45, 7) is 1.60. The number of nitrogens with one attached hydrogen (secondary N) is 2. The van der Waals surface area contributed by atoms with Crippen LogP contribution in [0.5, 0.6) is 0 Å². The van der Waals surface area contributed by atoms with E-state index >= 15 is 0 Å². The van der Waals surface area contributed by atoms with E-state index in [1.165, 1.54) is 0 Å². The van der Waals surface area contributed by atoms with E-state index in [1.54, 1.807) is 19.2 Å². The van der Waals surface area contributed by atoms with E-state index in [4.69, 9.17) is 4.74 Å². The number of amides is 1. The van der Waals surface area contributed by atoms with E-state index in [0.29, 0.717) is 5.56 Å². The molecule has 2 N–H and O–H groups in total. The Morgan fingerprint density at radius 2 is 1.86 bits per heavy atom. The molecule has 0 aliphatic carbocycles. The lowest BCUT2D eigenvalue weighted by Gasteiger charge is -2.09. The molecule has 0 aromatic heterocycles. The van der Waals surface area contributed by atoms with Crippen molar-refractivity contribution in [3.05, 3.63) is 58.6 Å². The fraction of sp³-hybridized carbons (Fsp3) is 0.235. The summed E-state index contributed by atoms with van der Waals surface area (Å²) in [6.07, 6.45) is 0.956. The highest BCUT2D eigenvalue weighted by Gasteiger charge is 2.06. The molecule has 0 unspecified atom stereocenters. The second-order valence-corrected chi connectivity index (χ2v) is 5.73. The number of anilines is 2. The number of methoxy groups -OCH3 is 1. The summed E-state index contributed by atoms with van der Waals surface area (Å²) in [5, 5.41) is 6.18. The SMILES string of the molecule is COCCCNc1ccc(NC(=O)c2cccc(Br)c2)cc1. The van der Waals surface area contributed by atoms with Gasteiger partial charge >= 0.3 is 0 Å². The van der Waals surface area contributed by atoms with Gasteiger partial charge in [0, 0.05) is 41.7 Å². The molecule has 0 atom stereocenters. The lowest BCUT2D eigenvalue weighted by molar-refractivity contribution is 0.102. The fourth-order valence-electron chi connectivity index (χ4n) is 1.95. The van der Waals surface area contributed by atoms with Crippen molar-refractivity contribution >= 4 is 33.2 Å². The van der Waals surface area contributed by atoms with Crippen LogP contribution in [0.15, 0.2) is 53.0 Å². The number of carbonyl (C=O) groups is 1. The maximum absolute atomic E-state index is 12.1. The summed E-state index contributed by atoms with van der Waals surface area (Å²) >= 11 is 3.36. The van der Waals surface area contributed by atoms with Gasteiger partial charge in [0.2, 0.25) is 0 Å². The van der Waals surface area contributed by atoms with Gasteiger partial charge in [0.15, 0.2) is 0 Å². The number of hydrogen-bond donors (Lipinski definition) is 2. The van der Waals surface area contributed by atoms with E-state index in [2.05, 4.69) is 26.6 Å². The van der Waals surface area contributed by atoms with Crippen LogP contribution in [0.1, 0.15) is 16.8 Å². The van der Waals surface area contributed by atoms with Crippen molar-refractivity contribution in [1.29, 1.82) is 0 Å². The van der Waals surface area contributed by atoms with Crippen molar-refractivity contribution in [2.75, 3.05) is 30.9 Å². The number of hydrogen-bond acceptors (Lipinski definition) is 3. The molecule has 1 amide bonds. The fourth-order valence-corrected chi connectivity index (χ4v) is 2.35. The quantitative estimate of drug-likeness (QED) is 0.727. The number of rotatable bonds is 7. The van der Waals surface area contributed by atoms with Crippen molar-refractivity contribution in [2.24, 2.45) is 0 Å². The van der Waals surface area contributed by atoms with Gasteiger partial charge in [-0.3, -0.25) is 4.79 Å². The predicted octanol–water partition coefficient (Wildman–Crippen LogP) is 4.15. The molecule has 5 heteroatoms. The summed E-state index contributed by atoms with van der Waals surface area (Å²) in [4.78, 5) is 12.1. The van der Waals surface area contributed by atoms with Crippen molar-refractivity contribution in [1.82, 2.24) is 0 Å². The highest BCUT2D eigenvalue weighted by molar-refractivity contribution is 9.10. The topological polar surface area (TPSA) is 50.4 Å². The highest BCUT2D eigenvalue weighted by Crippen LogP contribution is 2.16. The molecule has 2 rings (SSSR count). The van der Waals surface area contributed by atoms with Crippen LogP contribution in [0.2, 0.25) is 0 Å². The number of carbonyl (C=O) groups excluding carboxylic acids is 1. The van der Waals surface area contributed by atoms with Gasteiger partial charge in [0.1, 0.15) is 0 Å². The van der Waals surface area contributed by atoms with Gasteiger partial charge in [-0.1, -0.05) is 22.0 Å². The zero-order valence-electron chi connectivity index (χ0n) is 12.4. The van der Waals surface area contributed by atoms with Crippen molar-refractivity contribution in [3.8, 4) is 0 Å². The van der Waals surface area contributed by atoms with E-state index in [9.17, 15) is 4.79 Å². The normalized spacial score (nSPS) is 10.3. The molecule has 2 aromatic rings. The van der Waals surface area contributed by atoms with Crippen LogP contribution in [0.3, 0.4) is 0 Å².